The molecule has 3 aromatic rings. The van der Waals surface area contributed by atoms with Gasteiger partial charge in [-0.1, -0.05) is 61.5 Å². The molecule has 0 aliphatic heterocycles. The molecular formula is C23H28N4O2S. The number of rotatable bonds is 9. The van der Waals surface area contributed by atoms with E-state index in [0.717, 1.165) is 22.2 Å². The van der Waals surface area contributed by atoms with Crippen LogP contribution in [0.1, 0.15) is 41.2 Å². The number of hydrogen-bond acceptors (Lipinski definition) is 5. The molecule has 0 fully saturated rings. The van der Waals surface area contributed by atoms with Gasteiger partial charge in [0.05, 0.1) is 0 Å². The van der Waals surface area contributed by atoms with Gasteiger partial charge < -0.3 is 10.1 Å². The average molecular weight is 425 g/mol. The Bertz CT molecular complexity index is 983. The molecule has 6 nitrogen and oxygen atoms in total. The maximum atomic E-state index is 12.6. The largest absolute Gasteiger partial charge is 0.377 e. The summed E-state index contributed by atoms with van der Waals surface area (Å²) in [7, 11) is 1.65. The summed E-state index contributed by atoms with van der Waals surface area (Å²) in [5, 5.41) is 12.5. The van der Waals surface area contributed by atoms with Gasteiger partial charge in [-0.05, 0) is 36.6 Å². The minimum absolute atomic E-state index is 0.0417. The zero-order valence-corrected chi connectivity index (χ0v) is 18.7. The van der Waals surface area contributed by atoms with Crippen molar-refractivity contribution < 1.29 is 9.53 Å². The Morgan fingerprint density at radius 3 is 2.57 bits per heavy atom. The van der Waals surface area contributed by atoms with Gasteiger partial charge >= 0.3 is 0 Å². The zero-order valence-electron chi connectivity index (χ0n) is 17.9. The van der Waals surface area contributed by atoms with Gasteiger partial charge in [-0.2, -0.15) is 0 Å². The standard InChI is InChI=1S/C23H28N4O2S/c1-16(2)13-24-22(28)20-8-6-5-7-18(20)15-30-23-26-25-21(14-29-4)27(23)19-11-9-17(3)10-12-19/h5-12,16H,13-15H2,1-4H3,(H,24,28). The minimum Gasteiger partial charge on any atom is -0.377 e. The van der Waals surface area contributed by atoms with Crippen LogP contribution < -0.4 is 5.32 Å². The van der Waals surface area contributed by atoms with Crippen molar-refractivity contribution in [2.24, 2.45) is 5.92 Å². The Morgan fingerprint density at radius 2 is 1.87 bits per heavy atom. The Labute approximate surface area is 182 Å². The Balaban J connectivity index is 1.83. The average Bonchev–Trinajstić information content (AvgIpc) is 3.14. The molecule has 0 saturated heterocycles. The number of nitrogens with one attached hydrogen (secondary N) is 1. The highest BCUT2D eigenvalue weighted by atomic mass is 32.2. The van der Waals surface area contributed by atoms with Crippen LogP contribution in [0.4, 0.5) is 0 Å². The van der Waals surface area contributed by atoms with Gasteiger partial charge in [0, 0.05) is 30.7 Å². The lowest BCUT2D eigenvalue weighted by Gasteiger charge is -2.12. The Kier molecular flexibility index (Phi) is 7.65. The summed E-state index contributed by atoms with van der Waals surface area (Å²) in [6, 6.07) is 15.9. The number of methoxy groups -OCH3 is 1. The molecule has 7 heteroatoms. The first-order valence-electron chi connectivity index (χ1n) is 9.98. The lowest BCUT2D eigenvalue weighted by Crippen LogP contribution is -2.28. The van der Waals surface area contributed by atoms with E-state index in [9.17, 15) is 4.79 Å². The van der Waals surface area contributed by atoms with Gasteiger partial charge in [0.25, 0.3) is 5.91 Å². The maximum Gasteiger partial charge on any atom is 0.251 e. The number of ether oxygens (including phenoxy) is 1. The van der Waals surface area contributed by atoms with Crippen LogP contribution in [0.5, 0.6) is 0 Å². The van der Waals surface area contributed by atoms with Crippen LogP contribution in [-0.4, -0.2) is 34.3 Å². The molecule has 0 atom stereocenters. The van der Waals surface area contributed by atoms with E-state index >= 15 is 0 Å². The lowest BCUT2D eigenvalue weighted by atomic mass is 10.1. The van der Waals surface area contributed by atoms with Crippen molar-refractivity contribution in [3.8, 4) is 5.69 Å². The second-order valence-corrected chi connectivity index (χ2v) is 8.49. The molecule has 30 heavy (non-hydrogen) atoms. The van der Waals surface area contributed by atoms with E-state index in [1.165, 1.54) is 5.56 Å². The molecule has 1 N–H and O–H groups in total. The minimum atomic E-state index is -0.0417. The Hall–Kier alpha value is -2.64. The summed E-state index contributed by atoms with van der Waals surface area (Å²) in [5.74, 6) is 1.72. The molecule has 3 rings (SSSR count). The summed E-state index contributed by atoms with van der Waals surface area (Å²) in [4.78, 5) is 12.6. The third-order valence-corrected chi connectivity index (χ3v) is 5.53. The predicted molar refractivity (Wildman–Crippen MR) is 120 cm³/mol. The number of carbonyl (C=O) groups excluding carboxylic acids is 1. The van der Waals surface area contributed by atoms with Crippen molar-refractivity contribution in [1.82, 2.24) is 20.1 Å². The van der Waals surface area contributed by atoms with Crippen LogP contribution in [0.25, 0.3) is 5.69 Å². The van der Waals surface area contributed by atoms with Crippen LogP contribution in [0.2, 0.25) is 0 Å². The summed E-state index contributed by atoms with van der Waals surface area (Å²) in [6.45, 7) is 7.25. The van der Waals surface area contributed by atoms with Gasteiger partial charge in [-0.25, -0.2) is 0 Å². The second-order valence-electron chi connectivity index (χ2n) is 7.55. The van der Waals surface area contributed by atoms with E-state index in [1.54, 1.807) is 18.9 Å². The molecule has 0 spiro atoms. The second kappa shape index (κ2) is 10.4. The number of aryl methyl sites for hydroxylation is 1. The molecule has 0 radical (unpaired) electrons. The number of aromatic nitrogens is 3. The van der Waals surface area contributed by atoms with Crippen LogP contribution in [0, 0.1) is 12.8 Å². The third-order valence-electron chi connectivity index (χ3n) is 4.56. The first-order chi connectivity index (χ1) is 14.5. The SMILES string of the molecule is COCc1nnc(SCc2ccccc2C(=O)NCC(C)C)n1-c1ccc(C)cc1. The number of thioether (sulfide) groups is 1. The van der Waals surface area contributed by atoms with Crippen LogP contribution in [0.15, 0.2) is 53.7 Å². The Morgan fingerprint density at radius 1 is 1.13 bits per heavy atom. The van der Waals surface area contributed by atoms with Crippen molar-refractivity contribution in [3.63, 3.8) is 0 Å². The van der Waals surface area contributed by atoms with Crippen LogP contribution in [0.3, 0.4) is 0 Å². The topological polar surface area (TPSA) is 69.0 Å². The number of carbonyl (C=O) groups is 1. The number of benzene rings is 2. The zero-order chi connectivity index (χ0) is 21.5. The summed E-state index contributed by atoms with van der Waals surface area (Å²) in [5.41, 5.74) is 3.85. The number of amides is 1. The summed E-state index contributed by atoms with van der Waals surface area (Å²) >= 11 is 1.56. The normalized spacial score (nSPS) is 11.1. The fourth-order valence-corrected chi connectivity index (χ4v) is 3.95. The van der Waals surface area contributed by atoms with Gasteiger partial charge in [0.15, 0.2) is 11.0 Å². The van der Waals surface area contributed by atoms with Crippen molar-refractivity contribution in [3.05, 3.63) is 71.0 Å². The van der Waals surface area contributed by atoms with Gasteiger partial charge in [-0.15, -0.1) is 10.2 Å². The lowest BCUT2D eigenvalue weighted by molar-refractivity contribution is 0.0948. The highest BCUT2D eigenvalue weighted by Crippen LogP contribution is 2.27. The van der Waals surface area contributed by atoms with Gasteiger partial charge in [0.2, 0.25) is 0 Å². The molecule has 0 aliphatic carbocycles. The summed E-state index contributed by atoms with van der Waals surface area (Å²) < 4.78 is 7.31. The van der Waals surface area contributed by atoms with Gasteiger partial charge in [0.1, 0.15) is 6.61 Å². The monoisotopic (exact) mass is 424 g/mol. The van der Waals surface area contributed by atoms with E-state index in [2.05, 4.69) is 60.6 Å². The molecule has 0 saturated carbocycles. The molecule has 1 heterocycles. The third kappa shape index (κ3) is 5.49. The molecule has 0 aliphatic rings. The fourth-order valence-electron chi connectivity index (χ4n) is 2.97. The molecule has 0 bridgehead atoms. The van der Waals surface area contributed by atoms with Crippen LogP contribution in [-0.2, 0) is 17.1 Å². The first kappa shape index (κ1) is 22.1. The highest BCUT2D eigenvalue weighted by molar-refractivity contribution is 7.98. The summed E-state index contributed by atoms with van der Waals surface area (Å²) in [6.07, 6.45) is 0. The molecule has 2 aromatic carbocycles. The van der Waals surface area contributed by atoms with Crippen molar-refractivity contribution in [1.29, 1.82) is 0 Å². The van der Waals surface area contributed by atoms with E-state index in [-0.39, 0.29) is 5.91 Å². The van der Waals surface area contributed by atoms with Crippen molar-refractivity contribution in [2.75, 3.05) is 13.7 Å². The quantitative estimate of drug-likeness (QED) is 0.516. The smallest absolute Gasteiger partial charge is 0.251 e. The van der Waals surface area contributed by atoms with E-state index in [4.69, 9.17) is 4.74 Å². The molecule has 0 unspecified atom stereocenters. The molecule has 1 aromatic heterocycles. The predicted octanol–water partition coefficient (Wildman–Crippen LogP) is 4.40. The van der Waals surface area contributed by atoms with Crippen LogP contribution >= 0.6 is 11.8 Å². The number of hydrogen-bond donors (Lipinski definition) is 1. The van der Waals surface area contributed by atoms with E-state index < -0.39 is 0 Å². The molecule has 1 amide bonds. The number of nitrogens with zero attached hydrogens (tertiary/aromatic N) is 3. The fraction of sp³-hybridized carbons (Fsp3) is 0.348. The van der Waals surface area contributed by atoms with E-state index in [0.29, 0.717) is 30.4 Å². The molecule has 158 valence electrons. The highest BCUT2D eigenvalue weighted by Gasteiger charge is 2.17. The maximum absolute atomic E-state index is 12.6. The molecular weight excluding hydrogens is 396 g/mol. The van der Waals surface area contributed by atoms with Crippen molar-refractivity contribution in [2.45, 2.75) is 38.3 Å². The van der Waals surface area contributed by atoms with Gasteiger partial charge in [-0.3, -0.25) is 9.36 Å². The van der Waals surface area contributed by atoms with Crippen molar-refractivity contribution >= 4 is 17.7 Å². The first-order valence-corrected chi connectivity index (χ1v) is 11.0. The van der Waals surface area contributed by atoms with E-state index in [1.807, 2.05) is 28.8 Å².